The van der Waals surface area contributed by atoms with Crippen LogP contribution >= 0.6 is 23.5 Å². The minimum Gasteiger partial charge on any atom is -0.426 e. The smallest absolute Gasteiger partial charge is 0.426 e. The first-order valence-corrected chi connectivity index (χ1v) is 25.5. The average Bonchev–Trinajstić information content (AvgIpc) is 0.711. The fourth-order valence-corrected chi connectivity index (χ4v) is 9.17. The van der Waals surface area contributed by atoms with Crippen molar-refractivity contribution in [2.24, 2.45) is 0 Å². The molecule has 504 valence electrons. The highest BCUT2D eigenvalue weighted by molar-refractivity contribution is 7.98. The van der Waals surface area contributed by atoms with Crippen LogP contribution in [0.5, 0.6) is 11.5 Å². The zero-order chi connectivity index (χ0) is 69.4. The molecular weight excluding hydrogens is 1340 g/mol. The van der Waals surface area contributed by atoms with Gasteiger partial charge in [-0.3, -0.25) is 9.59 Å². The van der Waals surface area contributed by atoms with Gasteiger partial charge in [0.1, 0.15) is 11.5 Å². The van der Waals surface area contributed by atoms with Gasteiger partial charge in [0.2, 0.25) is 0 Å². The van der Waals surface area contributed by atoms with Gasteiger partial charge in [0, 0.05) is 66.9 Å². The number of carbonyl (C=O) groups is 2. The van der Waals surface area contributed by atoms with E-state index in [1.807, 2.05) is 0 Å². The van der Waals surface area contributed by atoms with Gasteiger partial charge in [0.25, 0.3) is 0 Å². The van der Waals surface area contributed by atoms with E-state index in [1.165, 1.54) is 41.5 Å². The zero-order valence-electron chi connectivity index (χ0n) is 44.6. The average molecular weight is 1380 g/mol. The Balaban J connectivity index is 2.72. The molecule has 87 heavy (non-hydrogen) atoms. The van der Waals surface area contributed by atoms with Gasteiger partial charge in [0.15, 0.2) is 0 Å². The molecule has 0 aliphatic heterocycles. The third-order valence-electron chi connectivity index (χ3n) is 12.2. The summed E-state index contributed by atoms with van der Waals surface area (Å²) >= 11 is -0.0949. The Morgan fingerprint density at radius 3 is 0.770 bits per heavy atom. The molecule has 0 aromatic heterocycles. The molecule has 0 bridgehead atoms. The van der Waals surface area contributed by atoms with Crippen LogP contribution in [0.15, 0.2) is 24.3 Å². The lowest BCUT2D eigenvalue weighted by Crippen LogP contribution is -2.74. The normalized spacial score (nSPS) is 15.3. The first-order valence-electron chi connectivity index (χ1n) is 23.2. The van der Waals surface area contributed by atoms with Gasteiger partial charge >= 0.3 is 107 Å². The monoisotopic (exact) mass is 1380 g/mol. The Morgan fingerprint density at radius 1 is 0.345 bits per heavy atom. The summed E-state index contributed by atoms with van der Waals surface area (Å²) < 4.78 is 482. The lowest BCUT2D eigenvalue weighted by atomic mass is 9.81. The topological polar surface area (TPSA) is 52.6 Å². The maximum atomic E-state index is 14.8. The Bertz CT molecular complexity index is 2600. The summed E-state index contributed by atoms with van der Waals surface area (Å²) in [5.74, 6) is -124. The summed E-state index contributed by atoms with van der Waals surface area (Å²) in [7, 11) is 0. The van der Waals surface area contributed by atoms with Crippen LogP contribution in [0.25, 0.3) is 0 Å². The molecule has 0 atom stereocenters. The maximum absolute atomic E-state index is 14.8. The summed E-state index contributed by atoms with van der Waals surface area (Å²) in [5, 5.41) is 0. The zero-order valence-corrected chi connectivity index (χ0v) is 46.2. The fraction of sp³-hybridized carbons (Fsp3) is 0.702. The summed E-state index contributed by atoms with van der Waals surface area (Å²) in [5.41, 5.74) is -3.76. The lowest BCUT2D eigenvalue weighted by Gasteiger charge is -2.42. The predicted octanol–water partition coefficient (Wildman–Crippen LogP) is 19.0. The second-order valence-electron chi connectivity index (χ2n) is 21.0. The highest BCUT2D eigenvalue weighted by Gasteiger charge is 2.97. The minimum absolute atomic E-state index is 0.0474. The fourth-order valence-electron chi connectivity index (χ4n) is 7.27. The van der Waals surface area contributed by atoms with E-state index in [4.69, 9.17) is 9.47 Å². The van der Waals surface area contributed by atoms with Gasteiger partial charge < -0.3 is 9.47 Å². The molecule has 2 aromatic carbocycles. The number of benzene rings is 2. The quantitative estimate of drug-likeness (QED) is 0.0405. The molecular formula is C47H42F34O4S2. The molecule has 2 aromatic rings. The third kappa shape index (κ3) is 13.8. The Kier molecular flexibility index (Phi) is 21.8. The molecule has 0 saturated heterocycles. The molecule has 0 radical (unpaired) electrons. The number of esters is 2. The molecule has 0 heterocycles. The van der Waals surface area contributed by atoms with Crippen molar-refractivity contribution in [3.63, 3.8) is 0 Å². The van der Waals surface area contributed by atoms with Crippen molar-refractivity contribution in [3.05, 3.63) is 57.6 Å². The number of alkyl halides is 34. The maximum Gasteiger partial charge on any atom is 0.460 e. The molecule has 0 amide bonds. The lowest BCUT2D eigenvalue weighted by molar-refractivity contribution is -0.461. The number of rotatable bonds is 26. The van der Waals surface area contributed by atoms with E-state index >= 15 is 0 Å². The number of halogens is 34. The van der Waals surface area contributed by atoms with Gasteiger partial charge in [-0.15, -0.1) is 0 Å². The number of hydrogen-bond donors (Lipinski definition) is 0. The molecule has 0 fully saturated rings. The van der Waals surface area contributed by atoms with Crippen LogP contribution in [0.2, 0.25) is 0 Å². The second-order valence-corrected chi connectivity index (χ2v) is 23.2. The molecule has 2 rings (SSSR count). The van der Waals surface area contributed by atoms with Gasteiger partial charge in [-0.1, -0.05) is 65.8 Å². The van der Waals surface area contributed by atoms with Crippen molar-refractivity contribution < 1.29 is 168 Å². The molecule has 0 unspecified atom stereocenters. The largest absolute Gasteiger partial charge is 0.460 e. The van der Waals surface area contributed by atoms with E-state index in [-0.39, 0.29) is 56.9 Å². The Labute approximate surface area is 476 Å². The first-order chi connectivity index (χ1) is 38.0. The minimum atomic E-state index is -8.87. The highest BCUT2D eigenvalue weighted by atomic mass is 32.2. The summed E-state index contributed by atoms with van der Waals surface area (Å²) in [6, 6.07) is 4.10. The number of ether oxygens (including phenoxy) is 2. The molecule has 0 aliphatic carbocycles. The van der Waals surface area contributed by atoms with E-state index in [2.05, 4.69) is 0 Å². The van der Waals surface area contributed by atoms with E-state index in [0.717, 1.165) is 38.1 Å². The third-order valence-corrected chi connectivity index (χ3v) is 14.2. The molecule has 0 spiro atoms. The van der Waals surface area contributed by atoms with Crippen LogP contribution in [0.4, 0.5) is 149 Å². The summed E-state index contributed by atoms with van der Waals surface area (Å²) in [4.78, 5) is 25.0. The van der Waals surface area contributed by atoms with Crippen molar-refractivity contribution in [2.45, 2.75) is 192 Å². The molecule has 0 saturated carbocycles. The van der Waals surface area contributed by atoms with Crippen molar-refractivity contribution in [1.29, 1.82) is 0 Å². The number of thioether (sulfide) groups is 2. The van der Waals surface area contributed by atoms with Crippen LogP contribution in [-0.2, 0) is 38.3 Å². The van der Waals surface area contributed by atoms with Crippen molar-refractivity contribution in [1.82, 2.24) is 0 Å². The summed E-state index contributed by atoms with van der Waals surface area (Å²) in [6.45, 7) is 9.93. The first kappa shape index (κ1) is 78.8. The van der Waals surface area contributed by atoms with E-state index in [9.17, 15) is 159 Å². The highest BCUT2D eigenvalue weighted by Crippen LogP contribution is 2.66. The second kappa shape index (κ2) is 24.1. The van der Waals surface area contributed by atoms with Gasteiger partial charge in [-0.25, -0.2) is 0 Å². The predicted molar refractivity (Wildman–Crippen MR) is 239 cm³/mol. The van der Waals surface area contributed by atoms with E-state index in [1.54, 1.807) is 0 Å². The van der Waals surface area contributed by atoms with Crippen molar-refractivity contribution in [2.75, 3.05) is 11.5 Å². The molecule has 40 heteroatoms. The summed E-state index contributed by atoms with van der Waals surface area (Å²) in [6.07, 6.45) is -22.4. The standard InChI is InChI=1S/C47H42F34O4S2/c1-20(82)84-28-24(13-22(15-26(28)30(3,4)5)18-86-11-9-32(48,49)34(52,53)36(56,57)38(60,61)40(64,65)42(68,69)44(72,73)46(76,77)78)17-25-14-23(16-27(31(6,7)8)29(25)85-21(2)83)19-87-12-10-33(50,51)35(54,55)37(58,59)39(62,63)41(66,67)43(70,71)45(74,75)47(79,80)81/h13-16H,9-12,17-19H2,1-8H3. The van der Waals surface area contributed by atoms with Gasteiger partial charge in [-0.05, 0) is 33.5 Å². The van der Waals surface area contributed by atoms with Crippen LogP contribution in [0.1, 0.15) is 102 Å². The van der Waals surface area contributed by atoms with E-state index in [0.29, 0.717) is 0 Å². The van der Waals surface area contributed by atoms with Crippen molar-refractivity contribution >= 4 is 35.5 Å². The van der Waals surface area contributed by atoms with Crippen LogP contribution in [0, 0.1) is 0 Å². The Hall–Kier alpha value is -4.30. The SMILES string of the molecule is CC(=O)Oc1c(Cc2cc(CSCCC(F)(F)C(F)(F)C(F)(F)C(F)(F)C(F)(F)C(F)(F)C(F)(F)C(F)(F)F)cc(C(C)(C)C)c2OC(C)=O)cc(CSCCC(F)(F)C(F)(F)C(F)(F)C(F)(F)C(F)(F)C(F)(F)C(F)(F)C(F)(F)F)cc1C(C)(C)C. The van der Waals surface area contributed by atoms with Crippen LogP contribution < -0.4 is 9.47 Å². The van der Waals surface area contributed by atoms with Gasteiger partial charge in [-0.2, -0.15) is 173 Å². The Morgan fingerprint density at radius 2 is 0.563 bits per heavy atom. The van der Waals surface area contributed by atoms with Gasteiger partial charge in [0.05, 0.1) is 0 Å². The molecule has 4 nitrogen and oxygen atoms in total. The molecule has 0 N–H and O–H groups in total. The van der Waals surface area contributed by atoms with Crippen molar-refractivity contribution in [3.8, 4) is 11.5 Å². The number of carbonyl (C=O) groups excluding carboxylic acids is 2. The molecule has 0 aliphatic rings. The van der Waals surface area contributed by atoms with Crippen LogP contribution in [-0.4, -0.2) is 119 Å². The van der Waals surface area contributed by atoms with Crippen LogP contribution in [0.3, 0.4) is 0 Å². The van der Waals surface area contributed by atoms with E-state index < -0.39 is 172 Å². The number of hydrogen-bond acceptors (Lipinski definition) is 6.